The van der Waals surface area contributed by atoms with Crippen LogP contribution in [-0.4, -0.2) is 11.9 Å². The van der Waals surface area contributed by atoms with Crippen molar-refractivity contribution in [2.24, 2.45) is 11.1 Å². The topological polar surface area (TPSA) is 55.1 Å². The van der Waals surface area contributed by atoms with Crippen molar-refractivity contribution >= 4 is 11.6 Å². The quantitative estimate of drug-likeness (QED) is 0.871. The first kappa shape index (κ1) is 15.5. The standard InChI is InChI=1S/C13H17F3N2O/c1-12(2,3)10(17)11(19)18-9-6-4-5-8(7-9)13(14,15)16/h4-7,10H,17H2,1-3H3,(H,18,19)/t10-/m0/s1. The Morgan fingerprint density at radius 1 is 1.26 bits per heavy atom. The second kappa shape index (κ2) is 5.21. The van der Waals surface area contributed by atoms with E-state index >= 15 is 0 Å². The van der Waals surface area contributed by atoms with Gasteiger partial charge in [-0.3, -0.25) is 4.79 Å². The molecule has 0 aliphatic rings. The monoisotopic (exact) mass is 274 g/mol. The molecule has 19 heavy (non-hydrogen) atoms. The van der Waals surface area contributed by atoms with E-state index in [1.165, 1.54) is 12.1 Å². The van der Waals surface area contributed by atoms with Crippen molar-refractivity contribution in [3.8, 4) is 0 Å². The Bertz CT molecular complexity index is 464. The average molecular weight is 274 g/mol. The molecule has 0 radical (unpaired) electrons. The maximum absolute atomic E-state index is 12.5. The first-order valence-electron chi connectivity index (χ1n) is 5.75. The lowest BCUT2D eigenvalue weighted by atomic mass is 9.87. The summed E-state index contributed by atoms with van der Waals surface area (Å²) in [6.45, 7) is 5.34. The Hall–Kier alpha value is -1.56. The molecule has 0 aromatic heterocycles. The molecule has 106 valence electrons. The van der Waals surface area contributed by atoms with Crippen molar-refractivity contribution in [3.63, 3.8) is 0 Å². The minimum Gasteiger partial charge on any atom is -0.325 e. The second-order valence-corrected chi connectivity index (χ2v) is 5.41. The van der Waals surface area contributed by atoms with Crippen molar-refractivity contribution in [3.05, 3.63) is 29.8 Å². The molecule has 0 unspecified atom stereocenters. The molecule has 1 atom stereocenters. The molecule has 0 spiro atoms. The summed E-state index contributed by atoms with van der Waals surface area (Å²) in [6.07, 6.45) is -4.44. The second-order valence-electron chi connectivity index (χ2n) is 5.41. The van der Waals surface area contributed by atoms with Crippen LogP contribution in [0.3, 0.4) is 0 Å². The largest absolute Gasteiger partial charge is 0.416 e. The summed E-state index contributed by atoms with van der Waals surface area (Å²) in [4.78, 5) is 11.8. The van der Waals surface area contributed by atoms with Crippen molar-refractivity contribution < 1.29 is 18.0 Å². The van der Waals surface area contributed by atoms with Gasteiger partial charge >= 0.3 is 6.18 Å². The van der Waals surface area contributed by atoms with Gasteiger partial charge in [0.1, 0.15) is 0 Å². The van der Waals surface area contributed by atoms with Crippen LogP contribution < -0.4 is 11.1 Å². The summed E-state index contributed by atoms with van der Waals surface area (Å²) in [6, 6.07) is 3.65. The van der Waals surface area contributed by atoms with E-state index in [4.69, 9.17) is 5.73 Å². The number of benzene rings is 1. The fourth-order valence-corrected chi connectivity index (χ4v) is 1.39. The first-order valence-corrected chi connectivity index (χ1v) is 5.75. The van der Waals surface area contributed by atoms with E-state index in [1.807, 2.05) is 0 Å². The van der Waals surface area contributed by atoms with Crippen molar-refractivity contribution in [2.45, 2.75) is 33.0 Å². The molecule has 0 aliphatic heterocycles. The van der Waals surface area contributed by atoms with Gasteiger partial charge in [-0.05, 0) is 23.6 Å². The average Bonchev–Trinajstić information content (AvgIpc) is 2.26. The maximum Gasteiger partial charge on any atom is 0.416 e. The molecular weight excluding hydrogens is 257 g/mol. The molecule has 0 saturated carbocycles. The number of halogens is 3. The summed E-state index contributed by atoms with van der Waals surface area (Å²) < 4.78 is 37.5. The molecule has 1 aromatic carbocycles. The van der Waals surface area contributed by atoms with Gasteiger partial charge in [-0.15, -0.1) is 0 Å². The lowest BCUT2D eigenvalue weighted by Crippen LogP contribution is -2.45. The zero-order valence-electron chi connectivity index (χ0n) is 11.0. The van der Waals surface area contributed by atoms with Gasteiger partial charge in [0.15, 0.2) is 0 Å². The van der Waals surface area contributed by atoms with Crippen molar-refractivity contribution in [1.82, 2.24) is 0 Å². The fraction of sp³-hybridized carbons (Fsp3) is 0.462. The van der Waals surface area contributed by atoms with Gasteiger partial charge < -0.3 is 11.1 Å². The summed E-state index contributed by atoms with van der Waals surface area (Å²) >= 11 is 0. The van der Waals surface area contributed by atoms with Gasteiger partial charge in [0, 0.05) is 5.69 Å². The van der Waals surface area contributed by atoms with E-state index in [9.17, 15) is 18.0 Å². The van der Waals surface area contributed by atoms with Crippen LogP contribution >= 0.6 is 0 Å². The highest BCUT2D eigenvalue weighted by Crippen LogP contribution is 2.30. The van der Waals surface area contributed by atoms with E-state index in [0.29, 0.717) is 0 Å². The number of rotatable bonds is 2. The number of nitrogens with two attached hydrogens (primary N) is 1. The van der Waals surface area contributed by atoms with Crippen LogP contribution in [0, 0.1) is 5.41 Å². The number of nitrogens with one attached hydrogen (secondary N) is 1. The number of anilines is 1. The summed E-state index contributed by atoms with van der Waals surface area (Å²) in [5, 5.41) is 2.40. The summed E-state index contributed by atoms with van der Waals surface area (Å²) in [5.41, 5.74) is 4.54. The van der Waals surface area contributed by atoms with E-state index in [-0.39, 0.29) is 5.69 Å². The minimum absolute atomic E-state index is 0.0829. The highest BCUT2D eigenvalue weighted by Gasteiger charge is 2.31. The molecule has 3 nitrogen and oxygen atoms in total. The number of carbonyl (C=O) groups excluding carboxylic acids is 1. The van der Waals surface area contributed by atoms with Crippen LogP contribution in [-0.2, 0) is 11.0 Å². The van der Waals surface area contributed by atoms with E-state index < -0.39 is 29.1 Å². The van der Waals surface area contributed by atoms with Crippen LogP contribution in [0.15, 0.2) is 24.3 Å². The molecule has 3 N–H and O–H groups in total. The maximum atomic E-state index is 12.5. The van der Waals surface area contributed by atoms with Crippen LogP contribution in [0.25, 0.3) is 0 Å². The zero-order valence-corrected chi connectivity index (χ0v) is 11.0. The number of alkyl halides is 3. The summed E-state index contributed by atoms with van der Waals surface area (Å²) in [7, 11) is 0. The van der Waals surface area contributed by atoms with E-state index in [2.05, 4.69) is 5.32 Å². The molecule has 0 aliphatic carbocycles. The number of hydrogen-bond acceptors (Lipinski definition) is 2. The van der Waals surface area contributed by atoms with Gasteiger partial charge in [0.05, 0.1) is 11.6 Å². The van der Waals surface area contributed by atoms with Crippen LogP contribution in [0.5, 0.6) is 0 Å². The van der Waals surface area contributed by atoms with Gasteiger partial charge in [0.2, 0.25) is 5.91 Å². The van der Waals surface area contributed by atoms with Crippen LogP contribution in [0.1, 0.15) is 26.3 Å². The van der Waals surface area contributed by atoms with Crippen molar-refractivity contribution in [2.75, 3.05) is 5.32 Å². The number of amides is 1. The lowest BCUT2D eigenvalue weighted by Gasteiger charge is -2.25. The molecule has 1 rings (SSSR count). The zero-order chi connectivity index (χ0) is 14.8. The number of carbonyl (C=O) groups is 1. The Labute approximate surface area is 110 Å². The van der Waals surface area contributed by atoms with Crippen molar-refractivity contribution in [1.29, 1.82) is 0 Å². The van der Waals surface area contributed by atoms with Crippen LogP contribution in [0.2, 0.25) is 0 Å². The minimum atomic E-state index is -4.44. The molecule has 0 saturated heterocycles. The molecule has 6 heteroatoms. The van der Waals surface area contributed by atoms with E-state index in [0.717, 1.165) is 12.1 Å². The van der Waals surface area contributed by atoms with Crippen LogP contribution in [0.4, 0.5) is 18.9 Å². The Kier molecular flexibility index (Phi) is 4.25. The predicted molar refractivity (Wildman–Crippen MR) is 67.5 cm³/mol. The third-order valence-corrected chi connectivity index (χ3v) is 2.67. The summed E-state index contributed by atoms with van der Waals surface area (Å²) in [5.74, 6) is -0.508. The Balaban J connectivity index is 2.87. The fourth-order valence-electron chi connectivity index (χ4n) is 1.39. The lowest BCUT2D eigenvalue weighted by molar-refractivity contribution is -0.137. The number of hydrogen-bond donors (Lipinski definition) is 2. The smallest absolute Gasteiger partial charge is 0.325 e. The van der Waals surface area contributed by atoms with Gasteiger partial charge in [-0.2, -0.15) is 13.2 Å². The molecule has 1 amide bonds. The normalized spacial score (nSPS) is 14.1. The Morgan fingerprint density at radius 2 is 1.84 bits per heavy atom. The Morgan fingerprint density at radius 3 is 2.32 bits per heavy atom. The molecule has 1 aromatic rings. The molecule has 0 heterocycles. The van der Waals surface area contributed by atoms with Gasteiger partial charge in [-0.25, -0.2) is 0 Å². The third kappa shape index (κ3) is 4.24. The highest BCUT2D eigenvalue weighted by atomic mass is 19.4. The molecule has 0 bridgehead atoms. The van der Waals surface area contributed by atoms with Gasteiger partial charge in [-0.1, -0.05) is 26.8 Å². The molecular formula is C13H17F3N2O. The SMILES string of the molecule is CC(C)(C)[C@@H](N)C(=O)Nc1cccc(C(F)(F)F)c1. The molecule has 0 fully saturated rings. The highest BCUT2D eigenvalue weighted by molar-refractivity contribution is 5.95. The predicted octanol–water partition coefficient (Wildman–Crippen LogP) is 3.02. The van der Waals surface area contributed by atoms with Gasteiger partial charge in [0.25, 0.3) is 0 Å². The third-order valence-electron chi connectivity index (χ3n) is 2.67. The first-order chi connectivity index (χ1) is 8.51. The van der Waals surface area contributed by atoms with E-state index in [1.54, 1.807) is 20.8 Å².